The summed E-state index contributed by atoms with van der Waals surface area (Å²) in [6.07, 6.45) is 6.87. The van der Waals surface area contributed by atoms with Crippen molar-refractivity contribution < 1.29 is 9.59 Å². The molecular formula is C21H23NO2. The van der Waals surface area contributed by atoms with Crippen molar-refractivity contribution in [1.29, 1.82) is 0 Å². The molecule has 1 heterocycles. The van der Waals surface area contributed by atoms with E-state index in [1.54, 1.807) is 11.1 Å². The van der Waals surface area contributed by atoms with Crippen LogP contribution < -0.4 is 4.90 Å². The Hall–Kier alpha value is -1.90. The van der Waals surface area contributed by atoms with Gasteiger partial charge in [0.05, 0.1) is 17.5 Å². The molecule has 1 saturated heterocycles. The van der Waals surface area contributed by atoms with Gasteiger partial charge in [0.1, 0.15) is 0 Å². The summed E-state index contributed by atoms with van der Waals surface area (Å²) in [6.45, 7) is 1.98. The van der Waals surface area contributed by atoms with Crippen LogP contribution >= 0.6 is 0 Å². The first-order valence-electron chi connectivity index (χ1n) is 9.33. The Bertz CT molecular complexity index is 736. The zero-order valence-corrected chi connectivity index (χ0v) is 14.1. The maximum Gasteiger partial charge on any atom is 0.238 e. The van der Waals surface area contributed by atoms with Gasteiger partial charge in [0.15, 0.2) is 0 Å². The van der Waals surface area contributed by atoms with Crippen molar-refractivity contribution in [3.63, 3.8) is 0 Å². The van der Waals surface area contributed by atoms with Crippen LogP contribution in [0.25, 0.3) is 0 Å². The summed E-state index contributed by atoms with van der Waals surface area (Å²) in [5.74, 6) is 0.613. The molecular weight excluding hydrogens is 298 g/mol. The number of para-hydroxylation sites is 1. The molecule has 24 heavy (non-hydrogen) atoms. The molecule has 1 aliphatic heterocycles. The van der Waals surface area contributed by atoms with E-state index in [0.29, 0.717) is 11.8 Å². The summed E-state index contributed by atoms with van der Waals surface area (Å²) >= 11 is 0. The van der Waals surface area contributed by atoms with E-state index in [1.807, 2.05) is 31.2 Å². The fourth-order valence-electron chi connectivity index (χ4n) is 5.94. The molecule has 2 saturated carbocycles. The first kappa shape index (κ1) is 14.4. The summed E-state index contributed by atoms with van der Waals surface area (Å²) in [5.41, 5.74) is 4.92. The third-order valence-corrected chi connectivity index (χ3v) is 6.85. The monoisotopic (exact) mass is 321 g/mol. The van der Waals surface area contributed by atoms with E-state index in [0.717, 1.165) is 36.9 Å². The average molecular weight is 321 g/mol. The fourth-order valence-corrected chi connectivity index (χ4v) is 5.94. The predicted octanol–water partition coefficient (Wildman–Crippen LogP) is 4.01. The second-order valence-corrected chi connectivity index (χ2v) is 7.90. The van der Waals surface area contributed by atoms with Gasteiger partial charge < -0.3 is 0 Å². The van der Waals surface area contributed by atoms with Crippen molar-refractivity contribution in [3.05, 3.63) is 41.0 Å². The van der Waals surface area contributed by atoms with Gasteiger partial charge in [0.25, 0.3) is 0 Å². The van der Waals surface area contributed by atoms with Crippen LogP contribution in [0.2, 0.25) is 0 Å². The number of rotatable bonds is 1. The Kier molecular flexibility index (Phi) is 3.04. The number of nitrogens with zero attached hydrogens (tertiary/aromatic N) is 1. The molecule has 1 aromatic rings. The van der Waals surface area contributed by atoms with E-state index < -0.39 is 0 Å². The molecule has 1 aromatic carbocycles. The highest BCUT2D eigenvalue weighted by Crippen LogP contribution is 2.58. The third-order valence-electron chi connectivity index (χ3n) is 6.85. The molecule has 0 aromatic heterocycles. The molecule has 4 aliphatic rings. The minimum atomic E-state index is -0.0959. The van der Waals surface area contributed by atoms with Gasteiger partial charge in [-0.1, -0.05) is 29.3 Å². The van der Waals surface area contributed by atoms with Crippen LogP contribution in [0.5, 0.6) is 0 Å². The third kappa shape index (κ3) is 1.73. The number of allylic oxidation sites excluding steroid dienone is 2. The second-order valence-electron chi connectivity index (χ2n) is 7.90. The molecule has 3 fully saturated rings. The molecule has 3 nitrogen and oxygen atoms in total. The van der Waals surface area contributed by atoms with E-state index in [1.165, 1.54) is 17.7 Å². The maximum absolute atomic E-state index is 13.3. The van der Waals surface area contributed by atoms with Crippen LogP contribution in [0.4, 0.5) is 5.69 Å². The molecule has 4 atom stereocenters. The van der Waals surface area contributed by atoms with Crippen molar-refractivity contribution in [2.24, 2.45) is 23.7 Å². The summed E-state index contributed by atoms with van der Waals surface area (Å²) < 4.78 is 0. The van der Waals surface area contributed by atoms with Crippen LogP contribution in [0.15, 0.2) is 35.4 Å². The first-order valence-corrected chi connectivity index (χ1v) is 9.33. The number of fused-ring (bicyclic) bond motifs is 5. The molecule has 3 heteroatoms. The largest absolute Gasteiger partial charge is 0.274 e. The van der Waals surface area contributed by atoms with Crippen LogP contribution in [-0.2, 0) is 9.59 Å². The van der Waals surface area contributed by atoms with E-state index in [-0.39, 0.29) is 23.7 Å². The van der Waals surface area contributed by atoms with Gasteiger partial charge in [-0.3, -0.25) is 9.59 Å². The van der Waals surface area contributed by atoms with Crippen LogP contribution in [0, 0.1) is 30.6 Å². The van der Waals surface area contributed by atoms with Gasteiger partial charge in [-0.15, -0.1) is 0 Å². The molecule has 124 valence electrons. The number of imide groups is 1. The van der Waals surface area contributed by atoms with Crippen molar-refractivity contribution in [1.82, 2.24) is 0 Å². The molecule has 0 N–H and O–H groups in total. The van der Waals surface area contributed by atoms with Crippen molar-refractivity contribution in [2.45, 2.75) is 45.4 Å². The van der Waals surface area contributed by atoms with Gasteiger partial charge in [0.2, 0.25) is 11.8 Å². The summed E-state index contributed by atoms with van der Waals surface area (Å²) in [7, 11) is 0. The van der Waals surface area contributed by atoms with Gasteiger partial charge in [-0.05, 0) is 68.9 Å². The highest BCUT2D eigenvalue weighted by atomic mass is 16.2. The first-order chi connectivity index (χ1) is 11.7. The van der Waals surface area contributed by atoms with Crippen molar-refractivity contribution in [3.8, 4) is 0 Å². The minimum Gasteiger partial charge on any atom is -0.274 e. The standard InChI is InChI=1S/C21H23NO2/c1-12-6-2-3-11-17(12)22-20(23)18-15-9-4-7-13(15)14-8-5-10-16(14)19(18)21(22)24/h2-3,6,11,15-16,18-19H,4-5,7-10H2,1H3/t15-,16-,18-,19-/m1/s1. The smallest absolute Gasteiger partial charge is 0.238 e. The van der Waals surface area contributed by atoms with E-state index in [4.69, 9.17) is 0 Å². The van der Waals surface area contributed by atoms with E-state index in [2.05, 4.69) is 0 Å². The number of anilines is 1. The van der Waals surface area contributed by atoms with Gasteiger partial charge in [-0.2, -0.15) is 0 Å². The van der Waals surface area contributed by atoms with Crippen LogP contribution in [0.3, 0.4) is 0 Å². The molecule has 3 aliphatic carbocycles. The zero-order chi connectivity index (χ0) is 16.4. The number of hydrogen-bond acceptors (Lipinski definition) is 2. The summed E-state index contributed by atoms with van der Waals surface area (Å²) in [6, 6.07) is 7.78. The Morgan fingerprint density at radius 2 is 1.42 bits per heavy atom. The summed E-state index contributed by atoms with van der Waals surface area (Å²) in [4.78, 5) is 28.2. The number of carbonyl (C=O) groups excluding carboxylic acids is 2. The lowest BCUT2D eigenvalue weighted by Gasteiger charge is -2.34. The fraction of sp³-hybridized carbons (Fsp3) is 0.524. The highest BCUT2D eigenvalue weighted by molar-refractivity contribution is 6.23. The lowest BCUT2D eigenvalue weighted by Crippen LogP contribution is -2.35. The molecule has 5 rings (SSSR count). The van der Waals surface area contributed by atoms with E-state index >= 15 is 0 Å². The van der Waals surface area contributed by atoms with E-state index in [9.17, 15) is 9.59 Å². The van der Waals surface area contributed by atoms with Crippen LogP contribution in [0.1, 0.15) is 44.1 Å². The lowest BCUT2D eigenvalue weighted by molar-refractivity contribution is -0.122. The summed E-state index contributed by atoms with van der Waals surface area (Å²) in [5, 5.41) is 0. The minimum absolute atomic E-state index is 0.0645. The van der Waals surface area contributed by atoms with Crippen molar-refractivity contribution in [2.75, 3.05) is 4.90 Å². The molecule has 0 spiro atoms. The Morgan fingerprint density at radius 1 is 0.875 bits per heavy atom. The molecule has 0 bridgehead atoms. The number of aryl methyl sites for hydroxylation is 1. The highest BCUT2D eigenvalue weighted by Gasteiger charge is 2.59. The number of carbonyl (C=O) groups is 2. The number of hydrogen-bond donors (Lipinski definition) is 0. The zero-order valence-electron chi connectivity index (χ0n) is 14.1. The Balaban J connectivity index is 1.63. The topological polar surface area (TPSA) is 37.4 Å². The molecule has 2 amide bonds. The second kappa shape index (κ2) is 5.05. The van der Waals surface area contributed by atoms with Gasteiger partial charge in [-0.25, -0.2) is 4.90 Å². The number of benzene rings is 1. The Labute approximate surface area is 142 Å². The van der Waals surface area contributed by atoms with Gasteiger partial charge >= 0.3 is 0 Å². The SMILES string of the molecule is Cc1ccccc1N1C(=O)[C@H]2[C@H](C1=O)[C@@H]1CCCC1=C1CCC[C@H]12. The van der Waals surface area contributed by atoms with Gasteiger partial charge in [0, 0.05) is 0 Å². The van der Waals surface area contributed by atoms with Crippen LogP contribution in [-0.4, -0.2) is 11.8 Å². The Morgan fingerprint density at radius 3 is 1.96 bits per heavy atom. The normalized spacial score (nSPS) is 34.6. The maximum atomic E-state index is 13.3. The quantitative estimate of drug-likeness (QED) is 0.579. The predicted molar refractivity (Wildman–Crippen MR) is 92.4 cm³/mol. The molecule has 0 unspecified atom stereocenters. The lowest BCUT2D eigenvalue weighted by atomic mass is 9.66. The molecule has 0 radical (unpaired) electrons. The van der Waals surface area contributed by atoms with Crippen molar-refractivity contribution >= 4 is 17.5 Å². The number of amides is 2. The average Bonchev–Trinajstić information content (AvgIpc) is 3.26.